The summed E-state index contributed by atoms with van der Waals surface area (Å²) in [5.41, 5.74) is 0. The molecule has 0 spiro atoms. The predicted octanol–water partition coefficient (Wildman–Crippen LogP) is 1.01. The Hall–Kier alpha value is -0.610. The van der Waals surface area contributed by atoms with Crippen LogP contribution in [0.3, 0.4) is 0 Å². The van der Waals surface area contributed by atoms with Crippen LogP contribution in [-0.4, -0.2) is 49.7 Å². The first-order valence-corrected chi connectivity index (χ1v) is 6.89. The molecule has 1 N–H and O–H groups in total. The van der Waals surface area contributed by atoms with Crippen molar-refractivity contribution in [2.45, 2.75) is 38.7 Å². The second kappa shape index (κ2) is 6.36. The van der Waals surface area contributed by atoms with Crippen LogP contribution >= 0.6 is 0 Å². The number of piperidine rings is 1. The molecular weight excluding hydrogens is 216 g/mol. The number of likely N-dealkylation sites (tertiary alicyclic amines) is 1. The van der Waals surface area contributed by atoms with Crippen molar-refractivity contribution in [3.05, 3.63) is 0 Å². The highest BCUT2D eigenvalue weighted by molar-refractivity contribution is 5.76. The molecule has 1 atom stereocenters. The smallest absolute Gasteiger partial charge is 0.225 e. The monoisotopic (exact) mass is 240 g/mol. The molecule has 0 radical (unpaired) electrons. The first kappa shape index (κ1) is 12.8. The standard InChI is InChI=1S/C13H24N2O2/c1-2-11-3-6-15(7-4-11)13(16)9-12-10-14-5-8-17-12/h11-12,14H,2-10H2,1H3. The Labute approximate surface area is 104 Å². The zero-order chi connectivity index (χ0) is 12.1. The van der Waals surface area contributed by atoms with Gasteiger partial charge in [0.2, 0.25) is 5.91 Å². The molecule has 1 unspecified atom stereocenters. The number of hydrogen-bond acceptors (Lipinski definition) is 3. The lowest BCUT2D eigenvalue weighted by Crippen LogP contribution is -2.44. The maximum absolute atomic E-state index is 12.1. The highest BCUT2D eigenvalue weighted by atomic mass is 16.5. The lowest BCUT2D eigenvalue weighted by Gasteiger charge is -2.33. The van der Waals surface area contributed by atoms with Crippen molar-refractivity contribution in [3.8, 4) is 0 Å². The molecule has 0 aliphatic carbocycles. The minimum atomic E-state index is 0.0835. The second-order valence-corrected chi connectivity index (χ2v) is 5.13. The number of hydrogen-bond donors (Lipinski definition) is 1. The van der Waals surface area contributed by atoms with Gasteiger partial charge in [-0.1, -0.05) is 13.3 Å². The molecule has 2 heterocycles. The zero-order valence-electron chi connectivity index (χ0n) is 10.8. The summed E-state index contributed by atoms with van der Waals surface area (Å²) in [7, 11) is 0. The van der Waals surface area contributed by atoms with Crippen LogP contribution in [0, 0.1) is 5.92 Å². The van der Waals surface area contributed by atoms with Crippen LogP contribution in [0.4, 0.5) is 0 Å². The fourth-order valence-electron chi connectivity index (χ4n) is 2.67. The molecule has 1 amide bonds. The van der Waals surface area contributed by atoms with E-state index in [1.54, 1.807) is 0 Å². The van der Waals surface area contributed by atoms with Gasteiger partial charge in [-0.25, -0.2) is 0 Å². The van der Waals surface area contributed by atoms with Gasteiger partial charge in [-0.2, -0.15) is 0 Å². The average molecular weight is 240 g/mol. The van der Waals surface area contributed by atoms with Gasteiger partial charge in [0.15, 0.2) is 0 Å². The van der Waals surface area contributed by atoms with Gasteiger partial charge in [0, 0.05) is 26.2 Å². The average Bonchev–Trinajstić information content (AvgIpc) is 2.40. The molecule has 0 aromatic carbocycles. The summed E-state index contributed by atoms with van der Waals surface area (Å²) in [5, 5.41) is 3.26. The van der Waals surface area contributed by atoms with Crippen LogP contribution in [0.15, 0.2) is 0 Å². The molecule has 17 heavy (non-hydrogen) atoms. The van der Waals surface area contributed by atoms with Crippen molar-refractivity contribution in [1.82, 2.24) is 10.2 Å². The third-order valence-corrected chi connectivity index (χ3v) is 3.95. The minimum absolute atomic E-state index is 0.0835. The van der Waals surface area contributed by atoms with Crippen molar-refractivity contribution >= 4 is 5.91 Å². The molecule has 0 aromatic heterocycles. The first-order chi connectivity index (χ1) is 8.29. The van der Waals surface area contributed by atoms with Gasteiger partial charge in [0.05, 0.1) is 19.1 Å². The Morgan fingerprint density at radius 3 is 2.76 bits per heavy atom. The summed E-state index contributed by atoms with van der Waals surface area (Å²) < 4.78 is 5.57. The van der Waals surface area contributed by atoms with Gasteiger partial charge >= 0.3 is 0 Å². The predicted molar refractivity (Wildman–Crippen MR) is 66.8 cm³/mol. The number of rotatable bonds is 3. The van der Waals surface area contributed by atoms with Crippen molar-refractivity contribution in [2.75, 3.05) is 32.8 Å². The van der Waals surface area contributed by atoms with Gasteiger partial charge in [0.25, 0.3) is 0 Å². The number of amides is 1. The van der Waals surface area contributed by atoms with E-state index in [4.69, 9.17) is 4.74 Å². The fourth-order valence-corrected chi connectivity index (χ4v) is 2.67. The minimum Gasteiger partial charge on any atom is -0.375 e. The highest BCUT2D eigenvalue weighted by Gasteiger charge is 2.25. The molecule has 2 fully saturated rings. The molecule has 2 rings (SSSR count). The lowest BCUT2D eigenvalue weighted by atomic mass is 9.94. The summed E-state index contributed by atoms with van der Waals surface area (Å²) >= 11 is 0. The summed E-state index contributed by atoms with van der Waals surface area (Å²) in [6, 6.07) is 0. The maximum atomic E-state index is 12.1. The van der Waals surface area contributed by atoms with Gasteiger partial charge in [-0.15, -0.1) is 0 Å². The van der Waals surface area contributed by atoms with Crippen molar-refractivity contribution in [3.63, 3.8) is 0 Å². The van der Waals surface area contributed by atoms with E-state index in [-0.39, 0.29) is 12.0 Å². The quantitative estimate of drug-likeness (QED) is 0.800. The number of nitrogens with zero attached hydrogens (tertiary/aromatic N) is 1. The third-order valence-electron chi connectivity index (χ3n) is 3.95. The molecule has 0 saturated carbocycles. The van der Waals surface area contributed by atoms with Crippen LogP contribution in [0.25, 0.3) is 0 Å². The van der Waals surface area contributed by atoms with Crippen LogP contribution in [0.2, 0.25) is 0 Å². The second-order valence-electron chi connectivity index (χ2n) is 5.13. The van der Waals surface area contributed by atoms with E-state index >= 15 is 0 Å². The molecule has 4 heteroatoms. The molecule has 0 aromatic rings. The van der Waals surface area contributed by atoms with E-state index in [2.05, 4.69) is 12.2 Å². The number of nitrogens with one attached hydrogen (secondary N) is 1. The largest absolute Gasteiger partial charge is 0.375 e. The summed E-state index contributed by atoms with van der Waals surface area (Å²) in [5.74, 6) is 1.10. The van der Waals surface area contributed by atoms with E-state index < -0.39 is 0 Å². The molecular formula is C13H24N2O2. The van der Waals surface area contributed by atoms with Gasteiger partial charge < -0.3 is 15.0 Å². The molecule has 98 valence electrons. The first-order valence-electron chi connectivity index (χ1n) is 6.89. The SMILES string of the molecule is CCC1CCN(C(=O)CC2CNCCO2)CC1. The van der Waals surface area contributed by atoms with Gasteiger partial charge in [-0.3, -0.25) is 4.79 Å². The van der Waals surface area contributed by atoms with Crippen molar-refractivity contribution in [1.29, 1.82) is 0 Å². The summed E-state index contributed by atoms with van der Waals surface area (Å²) in [4.78, 5) is 14.1. The Bertz CT molecular complexity index is 244. The van der Waals surface area contributed by atoms with Gasteiger partial charge in [0.1, 0.15) is 0 Å². The van der Waals surface area contributed by atoms with Crippen molar-refractivity contribution in [2.24, 2.45) is 5.92 Å². The van der Waals surface area contributed by atoms with Crippen LogP contribution in [0.1, 0.15) is 32.6 Å². The van der Waals surface area contributed by atoms with Crippen LogP contribution in [0.5, 0.6) is 0 Å². The maximum Gasteiger partial charge on any atom is 0.225 e. The Morgan fingerprint density at radius 1 is 1.41 bits per heavy atom. The number of morpholine rings is 1. The Morgan fingerprint density at radius 2 is 2.18 bits per heavy atom. The molecule has 2 aliphatic heterocycles. The summed E-state index contributed by atoms with van der Waals surface area (Å²) in [6.07, 6.45) is 4.22. The topological polar surface area (TPSA) is 41.6 Å². The van der Waals surface area contributed by atoms with Crippen LogP contribution < -0.4 is 5.32 Å². The third kappa shape index (κ3) is 3.68. The fraction of sp³-hybridized carbons (Fsp3) is 0.923. The Kier molecular flexibility index (Phi) is 4.80. The lowest BCUT2D eigenvalue weighted by molar-refractivity contribution is -0.136. The number of carbonyl (C=O) groups excluding carboxylic acids is 1. The number of ether oxygens (including phenoxy) is 1. The molecule has 4 nitrogen and oxygen atoms in total. The van der Waals surface area contributed by atoms with E-state index in [1.165, 1.54) is 19.3 Å². The highest BCUT2D eigenvalue weighted by Crippen LogP contribution is 2.20. The van der Waals surface area contributed by atoms with Gasteiger partial charge in [-0.05, 0) is 18.8 Å². The molecule has 2 saturated heterocycles. The van der Waals surface area contributed by atoms with Crippen LogP contribution in [-0.2, 0) is 9.53 Å². The van der Waals surface area contributed by atoms with E-state index in [9.17, 15) is 4.79 Å². The summed E-state index contributed by atoms with van der Waals surface area (Å²) in [6.45, 7) is 6.58. The van der Waals surface area contributed by atoms with E-state index in [0.717, 1.165) is 38.7 Å². The molecule has 0 bridgehead atoms. The van der Waals surface area contributed by atoms with E-state index in [0.29, 0.717) is 6.42 Å². The Balaban J connectivity index is 1.72. The van der Waals surface area contributed by atoms with E-state index in [1.807, 2.05) is 4.90 Å². The molecule has 2 aliphatic rings. The van der Waals surface area contributed by atoms with Crippen molar-refractivity contribution < 1.29 is 9.53 Å². The number of carbonyl (C=O) groups is 1. The zero-order valence-corrected chi connectivity index (χ0v) is 10.8. The normalized spacial score (nSPS) is 27.1.